The van der Waals surface area contributed by atoms with Crippen LogP contribution in [-0.4, -0.2) is 41.0 Å². The molecular weight excluding hydrogens is 405 g/mol. The maximum absolute atomic E-state index is 14.7. The lowest BCUT2D eigenvalue weighted by Crippen LogP contribution is -2.46. The Morgan fingerprint density at radius 1 is 1.16 bits per heavy atom. The number of amides is 1. The average Bonchev–Trinajstić information content (AvgIpc) is 3.51. The summed E-state index contributed by atoms with van der Waals surface area (Å²) in [4.78, 5) is 13.5. The van der Waals surface area contributed by atoms with Gasteiger partial charge in [0.1, 0.15) is 6.61 Å². The van der Waals surface area contributed by atoms with Gasteiger partial charge in [0, 0.05) is 43.7 Å². The first-order valence-electron chi connectivity index (χ1n) is 11.5. The molecule has 2 fully saturated rings. The first-order valence-corrected chi connectivity index (χ1v) is 11.5. The van der Waals surface area contributed by atoms with Crippen LogP contribution in [0.3, 0.4) is 0 Å². The summed E-state index contributed by atoms with van der Waals surface area (Å²) in [5, 5.41) is 4.91. The Kier molecular flexibility index (Phi) is 5.87. The summed E-state index contributed by atoms with van der Waals surface area (Å²) in [5.41, 5.74) is 3.53. The van der Waals surface area contributed by atoms with Gasteiger partial charge in [0.15, 0.2) is 6.30 Å². The van der Waals surface area contributed by atoms with Crippen molar-refractivity contribution in [2.24, 2.45) is 13.0 Å². The number of benzene rings is 2. The van der Waals surface area contributed by atoms with Crippen molar-refractivity contribution >= 4 is 17.0 Å². The van der Waals surface area contributed by atoms with Gasteiger partial charge in [-0.2, -0.15) is 0 Å². The van der Waals surface area contributed by atoms with E-state index in [1.807, 2.05) is 30.3 Å². The van der Waals surface area contributed by atoms with E-state index in [0.29, 0.717) is 24.9 Å². The van der Waals surface area contributed by atoms with E-state index in [9.17, 15) is 9.18 Å². The highest BCUT2D eigenvalue weighted by Gasteiger charge is 2.39. The van der Waals surface area contributed by atoms with E-state index in [1.165, 1.54) is 21.4 Å². The quantitative estimate of drug-likeness (QED) is 0.556. The van der Waals surface area contributed by atoms with E-state index in [-0.39, 0.29) is 12.5 Å². The summed E-state index contributed by atoms with van der Waals surface area (Å²) in [6.45, 7) is 1.37. The predicted molar refractivity (Wildman–Crippen MR) is 123 cm³/mol. The van der Waals surface area contributed by atoms with Gasteiger partial charge in [-0.25, -0.2) is 9.18 Å². The highest BCUT2D eigenvalue weighted by Crippen LogP contribution is 2.42. The molecule has 2 unspecified atom stereocenters. The van der Waals surface area contributed by atoms with Gasteiger partial charge in [-0.3, -0.25) is 4.90 Å². The SMILES string of the molecule is Cn1ccc2cc([C@@H]3C[C@H]3NCC3CCN(C(=O)OCc4ccccc4)C(F)C3)ccc21. The minimum absolute atomic E-state index is 0.172. The molecule has 168 valence electrons. The predicted octanol–water partition coefficient (Wildman–Crippen LogP) is 4.97. The van der Waals surface area contributed by atoms with Gasteiger partial charge >= 0.3 is 6.09 Å². The van der Waals surface area contributed by atoms with Crippen LogP contribution in [0, 0.1) is 5.92 Å². The number of aromatic nitrogens is 1. The summed E-state index contributed by atoms with van der Waals surface area (Å²) in [7, 11) is 2.07. The van der Waals surface area contributed by atoms with Crippen LogP contribution in [0.5, 0.6) is 0 Å². The number of nitrogens with one attached hydrogen (secondary N) is 1. The fourth-order valence-corrected chi connectivity index (χ4v) is 4.81. The smallest absolute Gasteiger partial charge is 0.412 e. The molecule has 1 saturated carbocycles. The molecule has 2 aromatic carbocycles. The first-order chi connectivity index (χ1) is 15.6. The van der Waals surface area contributed by atoms with E-state index in [0.717, 1.165) is 24.9 Å². The number of likely N-dealkylation sites (tertiary alicyclic amines) is 1. The Balaban J connectivity index is 1.07. The number of fused-ring (bicyclic) bond motifs is 1. The van der Waals surface area contributed by atoms with E-state index in [1.54, 1.807) is 0 Å². The number of halogens is 1. The molecule has 1 aliphatic carbocycles. The number of alkyl halides is 1. The summed E-state index contributed by atoms with van der Waals surface area (Å²) in [6.07, 6.45) is 2.53. The van der Waals surface area contributed by atoms with Gasteiger partial charge in [0.25, 0.3) is 0 Å². The minimum atomic E-state index is -1.28. The van der Waals surface area contributed by atoms with Crippen molar-refractivity contribution in [2.45, 2.75) is 44.1 Å². The van der Waals surface area contributed by atoms with Crippen LogP contribution >= 0.6 is 0 Å². The lowest BCUT2D eigenvalue weighted by Gasteiger charge is -2.34. The molecule has 2 heterocycles. The number of carbonyl (C=O) groups excluding carboxylic acids is 1. The van der Waals surface area contributed by atoms with Crippen LogP contribution in [0.25, 0.3) is 10.9 Å². The number of piperidine rings is 1. The van der Waals surface area contributed by atoms with Crippen LogP contribution in [0.4, 0.5) is 9.18 Å². The molecule has 5 nitrogen and oxygen atoms in total. The molecule has 5 rings (SSSR count). The maximum atomic E-state index is 14.7. The number of carbonyl (C=O) groups is 1. The number of aryl methyl sites for hydroxylation is 1. The van der Waals surface area contributed by atoms with Crippen LogP contribution in [0.1, 0.15) is 36.3 Å². The van der Waals surface area contributed by atoms with E-state index in [4.69, 9.17) is 4.74 Å². The fourth-order valence-electron chi connectivity index (χ4n) is 4.81. The zero-order chi connectivity index (χ0) is 22.1. The molecule has 0 radical (unpaired) electrons. The standard InChI is InChI=1S/C26H30FN3O2/c1-29-11-10-21-14-20(7-8-24(21)29)22-15-23(22)28-16-19-9-12-30(25(27)13-19)26(31)32-17-18-5-3-2-4-6-18/h2-8,10-11,14,19,22-23,25,28H,9,12-13,15-17H2,1H3/t19?,22-,23+,25?/m0/s1. The molecule has 6 heteroatoms. The van der Waals surface area contributed by atoms with Gasteiger partial charge in [0.05, 0.1) is 0 Å². The van der Waals surface area contributed by atoms with E-state index < -0.39 is 12.4 Å². The maximum Gasteiger partial charge on any atom is 0.412 e. The largest absolute Gasteiger partial charge is 0.444 e. The molecule has 32 heavy (non-hydrogen) atoms. The number of nitrogens with zero attached hydrogens (tertiary/aromatic N) is 2. The van der Waals surface area contributed by atoms with Gasteiger partial charge in [-0.15, -0.1) is 0 Å². The molecule has 2 aliphatic rings. The van der Waals surface area contributed by atoms with Crippen LogP contribution < -0.4 is 5.32 Å². The Morgan fingerprint density at radius 2 is 2.00 bits per heavy atom. The normalized spacial score (nSPS) is 25.1. The summed E-state index contributed by atoms with van der Waals surface area (Å²) < 4.78 is 22.1. The lowest BCUT2D eigenvalue weighted by atomic mass is 9.96. The van der Waals surface area contributed by atoms with Crippen molar-refractivity contribution in [3.8, 4) is 0 Å². The number of hydrogen-bond donors (Lipinski definition) is 1. The number of ether oxygens (including phenoxy) is 1. The Bertz CT molecular complexity index is 1080. The number of rotatable bonds is 6. The average molecular weight is 436 g/mol. The summed E-state index contributed by atoms with van der Waals surface area (Å²) >= 11 is 0. The fraction of sp³-hybridized carbons (Fsp3) is 0.423. The van der Waals surface area contributed by atoms with Crippen LogP contribution in [-0.2, 0) is 18.4 Å². The molecule has 3 aromatic rings. The molecule has 0 spiro atoms. The Hall–Kier alpha value is -2.86. The van der Waals surface area contributed by atoms with Gasteiger partial charge in [-0.05, 0) is 60.0 Å². The van der Waals surface area contributed by atoms with Crippen molar-refractivity contribution < 1.29 is 13.9 Å². The molecule has 1 amide bonds. The van der Waals surface area contributed by atoms with Crippen molar-refractivity contribution in [1.82, 2.24) is 14.8 Å². The highest BCUT2D eigenvalue weighted by molar-refractivity contribution is 5.81. The van der Waals surface area contributed by atoms with Gasteiger partial charge in [-0.1, -0.05) is 36.4 Å². The third-order valence-electron chi connectivity index (χ3n) is 6.88. The molecular formula is C26H30FN3O2. The minimum Gasteiger partial charge on any atom is -0.444 e. The second kappa shape index (κ2) is 8.94. The second-order valence-electron chi connectivity index (χ2n) is 9.16. The van der Waals surface area contributed by atoms with Crippen molar-refractivity contribution in [1.29, 1.82) is 0 Å². The zero-order valence-electron chi connectivity index (χ0n) is 18.4. The Morgan fingerprint density at radius 3 is 2.81 bits per heavy atom. The lowest BCUT2D eigenvalue weighted by molar-refractivity contribution is 0.00934. The molecule has 1 N–H and O–H groups in total. The second-order valence-corrected chi connectivity index (χ2v) is 9.16. The molecule has 1 aromatic heterocycles. The Labute approximate surface area is 188 Å². The molecule has 1 aliphatic heterocycles. The van der Waals surface area contributed by atoms with Crippen molar-refractivity contribution in [3.63, 3.8) is 0 Å². The van der Waals surface area contributed by atoms with E-state index in [2.05, 4.69) is 47.4 Å². The first kappa shape index (κ1) is 21.0. The third-order valence-corrected chi connectivity index (χ3v) is 6.88. The van der Waals surface area contributed by atoms with Crippen LogP contribution in [0.2, 0.25) is 0 Å². The van der Waals surface area contributed by atoms with E-state index >= 15 is 0 Å². The molecule has 0 bridgehead atoms. The molecule has 4 atom stereocenters. The zero-order valence-corrected chi connectivity index (χ0v) is 18.4. The summed E-state index contributed by atoms with van der Waals surface area (Å²) in [5.74, 6) is 0.773. The van der Waals surface area contributed by atoms with Crippen molar-refractivity contribution in [2.75, 3.05) is 13.1 Å². The van der Waals surface area contributed by atoms with Crippen molar-refractivity contribution in [3.05, 3.63) is 71.9 Å². The third kappa shape index (κ3) is 4.51. The highest BCUT2D eigenvalue weighted by atomic mass is 19.1. The molecule has 1 saturated heterocycles. The van der Waals surface area contributed by atoms with Gasteiger partial charge in [0.2, 0.25) is 0 Å². The topological polar surface area (TPSA) is 46.5 Å². The van der Waals surface area contributed by atoms with Gasteiger partial charge < -0.3 is 14.6 Å². The van der Waals surface area contributed by atoms with Crippen LogP contribution in [0.15, 0.2) is 60.8 Å². The number of hydrogen-bond acceptors (Lipinski definition) is 3. The summed E-state index contributed by atoms with van der Waals surface area (Å²) in [6, 6.07) is 18.8. The monoisotopic (exact) mass is 435 g/mol.